The third-order valence-corrected chi connectivity index (χ3v) is 1.59. The highest BCUT2D eigenvalue weighted by Gasteiger charge is 2.04. The number of benzene rings is 1. The van der Waals surface area contributed by atoms with Crippen LogP contribution in [-0.4, -0.2) is 10.2 Å². The zero-order chi connectivity index (χ0) is 9.14. The Kier molecular flexibility index (Phi) is 2.38. The summed E-state index contributed by atoms with van der Waals surface area (Å²) in [6.45, 7) is 5.61. The molecule has 2 heteroatoms. The summed E-state index contributed by atoms with van der Waals surface area (Å²) in [4.78, 5) is 0. The van der Waals surface area contributed by atoms with Crippen LogP contribution >= 0.6 is 0 Å². The molecule has 2 N–H and O–H groups in total. The Bertz CT molecular complexity index is 303. The molecule has 0 aliphatic heterocycles. The predicted octanol–water partition coefficient (Wildman–Crippen LogP) is 2.22. The van der Waals surface area contributed by atoms with E-state index in [0.29, 0.717) is 12.0 Å². The van der Waals surface area contributed by atoms with Gasteiger partial charge in [-0.05, 0) is 19.4 Å². The maximum Gasteiger partial charge on any atom is 0.160 e. The standard InChI is InChI=1S/C10H12O2/c1-7(2)6-8-4-3-5-9(11)10(8)12/h3-5,11-12H,1,6H2,2H3. The number of para-hydroxylation sites is 1. The number of rotatable bonds is 2. The molecule has 0 fully saturated rings. The van der Waals surface area contributed by atoms with Crippen molar-refractivity contribution in [2.75, 3.05) is 0 Å². The first kappa shape index (κ1) is 8.65. The lowest BCUT2D eigenvalue weighted by Crippen LogP contribution is -1.86. The van der Waals surface area contributed by atoms with Gasteiger partial charge in [-0.15, -0.1) is 0 Å². The van der Waals surface area contributed by atoms with E-state index in [1.165, 1.54) is 6.07 Å². The molecule has 0 aliphatic rings. The van der Waals surface area contributed by atoms with Gasteiger partial charge >= 0.3 is 0 Å². The lowest BCUT2D eigenvalue weighted by molar-refractivity contribution is 0.400. The average molecular weight is 164 g/mol. The van der Waals surface area contributed by atoms with Crippen LogP contribution in [-0.2, 0) is 6.42 Å². The first-order valence-electron chi connectivity index (χ1n) is 3.75. The molecule has 0 saturated carbocycles. The summed E-state index contributed by atoms with van der Waals surface area (Å²) < 4.78 is 0. The first-order chi connectivity index (χ1) is 5.61. The molecule has 1 aromatic rings. The van der Waals surface area contributed by atoms with E-state index in [1.54, 1.807) is 12.1 Å². The van der Waals surface area contributed by atoms with E-state index >= 15 is 0 Å². The summed E-state index contributed by atoms with van der Waals surface area (Å²) in [6.07, 6.45) is 0.597. The van der Waals surface area contributed by atoms with Crippen molar-refractivity contribution in [3.05, 3.63) is 35.9 Å². The van der Waals surface area contributed by atoms with Gasteiger partial charge in [0.25, 0.3) is 0 Å². The van der Waals surface area contributed by atoms with Gasteiger partial charge in [0.1, 0.15) is 0 Å². The van der Waals surface area contributed by atoms with Crippen LogP contribution < -0.4 is 0 Å². The molecule has 1 rings (SSSR count). The largest absolute Gasteiger partial charge is 0.504 e. The van der Waals surface area contributed by atoms with Gasteiger partial charge in [-0.3, -0.25) is 0 Å². The highest BCUT2D eigenvalue weighted by Crippen LogP contribution is 2.29. The van der Waals surface area contributed by atoms with Gasteiger partial charge in [0.15, 0.2) is 11.5 Å². The van der Waals surface area contributed by atoms with Crippen molar-refractivity contribution < 1.29 is 10.2 Å². The molecular weight excluding hydrogens is 152 g/mol. The highest BCUT2D eigenvalue weighted by molar-refractivity contribution is 5.45. The normalized spacial score (nSPS) is 9.75. The van der Waals surface area contributed by atoms with Crippen molar-refractivity contribution in [1.29, 1.82) is 0 Å². The molecule has 0 heterocycles. The minimum atomic E-state index is -0.0752. The maximum atomic E-state index is 9.36. The topological polar surface area (TPSA) is 40.5 Å². The Hall–Kier alpha value is -1.44. The zero-order valence-electron chi connectivity index (χ0n) is 7.04. The molecule has 0 aliphatic carbocycles. The van der Waals surface area contributed by atoms with Crippen molar-refractivity contribution in [2.24, 2.45) is 0 Å². The fourth-order valence-electron chi connectivity index (χ4n) is 1.05. The van der Waals surface area contributed by atoms with Gasteiger partial charge in [-0.2, -0.15) is 0 Å². The molecular formula is C10H12O2. The molecule has 0 radical (unpaired) electrons. The van der Waals surface area contributed by atoms with Crippen LogP contribution in [0.4, 0.5) is 0 Å². The third-order valence-electron chi connectivity index (χ3n) is 1.59. The van der Waals surface area contributed by atoms with E-state index < -0.39 is 0 Å². The second-order valence-corrected chi connectivity index (χ2v) is 2.92. The number of hydrogen-bond donors (Lipinski definition) is 2. The fraction of sp³-hybridized carbons (Fsp3) is 0.200. The quantitative estimate of drug-likeness (QED) is 0.519. The summed E-state index contributed by atoms with van der Waals surface area (Å²) in [5.74, 6) is -0.116. The van der Waals surface area contributed by atoms with E-state index in [4.69, 9.17) is 5.11 Å². The van der Waals surface area contributed by atoms with Crippen molar-refractivity contribution >= 4 is 0 Å². The van der Waals surface area contributed by atoms with Crippen LogP contribution in [0.15, 0.2) is 30.4 Å². The molecule has 0 spiro atoms. The molecule has 0 amide bonds. The SMILES string of the molecule is C=C(C)Cc1cccc(O)c1O. The minimum absolute atomic E-state index is 0.0412. The highest BCUT2D eigenvalue weighted by atomic mass is 16.3. The number of allylic oxidation sites excluding steroid dienone is 1. The fourth-order valence-corrected chi connectivity index (χ4v) is 1.05. The Labute approximate surface area is 71.8 Å². The van der Waals surface area contributed by atoms with E-state index in [2.05, 4.69) is 6.58 Å². The second-order valence-electron chi connectivity index (χ2n) is 2.92. The van der Waals surface area contributed by atoms with Crippen LogP contribution in [0.3, 0.4) is 0 Å². The number of phenolic OH excluding ortho intramolecular Hbond substituents is 2. The summed E-state index contributed by atoms with van der Waals surface area (Å²) in [6, 6.07) is 4.92. The molecule has 0 atom stereocenters. The van der Waals surface area contributed by atoms with E-state index in [-0.39, 0.29) is 11.5 Å². The Balaban J connectivity index is 3.00. The average Bonchev–Trinajstić information content (AvgIpc) is 1.98. The van der Waals surface area contributed by atoms with Crippen LogP contribution in [0.1, 0.15) is 12.5 Å². The Morgan fingerprint density at radius 2 is 2.08 bits per heavy atom. The molecule has 2 nitrogen and oxygen atoms in total. The number of phenols is 2. The first-order valence-corrected chi connectivity index (χ1v) is 3.75. The molecule has 12 heavy (non-hydrogen) atoms. The van der Waals surface area contributed by atoms with Crippen LogP contribution in [0.25, 0.3) is 0 Å². The molecule has 0 saturated heterocycles. The third kappa shape index (κ3) is 1.78. The predicted molar refractivity (Wildman–Crippen MR) is 48.3 cm³/mol. The smallest absolute Gasteiger partial charge is 0.160 e. The summed E-state index contributed by atoms with van der Waals surface area (Å²) in [5.41, 5.74) is 1.67. The number of hydrogen-bond acceptors (Lipinski definition) is 2. The van der Waals surface area contributed by atoms with Crippen molar-refractivity contribution in [3.8, 4) is 11.5 Å². The van der Waals surface area contributed by atoms with Crippen LogP contribution in [0.2, 0.25) is 0 Å². The monoisotopic (exact) mass is 164 g/mol. The Morgan fingerprint density at radius 1 is 1.42 bits per heavy atom. The molecule has 64 valence electrons. The minimum Gasteiger partial charge on any atom is -0.504 e. The van der Waals surface area contributed by atoms with Gasteiger partial charge in [-0.25, -0.2) is 0 Å². The van der Waals surface area contributed by atoms with Crippen LogP contribution in [0, 0.1) is 0 Å². The number of aromatic hydroxyl groups is 2. The molecule has 1 aromatic carbocycles. The van der Waals surface area contributed by atoms with Gasteiger partial charge in [0.2, 0.25) is 0 Å². The van der Waals surface area contributed by atoms with E-state index in [1.807, 2.05) is 6.92 Å². The summed E-state index contributed by atoms with van der Waals surface area (Å²) in [5, 5.41) is 18.5. The van der Waals surface area contributed by atoms with Gasteiger partial charge in [0, 0.05) is 5.56 Å². The van der Waals surface area contributed by atoms with Gasteiger partial charge in [0.05, 0.1) is 0 Å². The molecule has 0 aromatic heterocycles. The van der Waals surface area contributed by atoms with Crippen LogP contribution in [0.5, 0.6) is 11.5 Å². The lowest BCUT2D eigenvalue weighted by Gasteiger charge is -2.04. The second kappa shape index (κ2) is 3.30. The maximum absolute atomic E-state index is 9.36. The van der Waals surface area contributed by atoms with E-state index in [0.717, 1.165) is 5.57 Å². The van der Waals surface area contributed by atoms with Crippen molar-refractivity contribution in [2.45, 2.75) is 13.3 Å². The lowest BCUT2D eigenvalue weighted by atomic mass is 10.1. The van der Waals surface area contributed by atoms with Gasteiger partial charge < -0.3 is 10.2 Å². The zero-order valence-corrected chi connectivity index (χ0v) is 7.04. The van der Waals surface area contributed by atoms with Crippen molar-refractivity contribution in [3.63, 3.8) is 0 Å². The Morgan fingerprint density at radius 3 is 2.67 bits per heavy atom. The van der Waals surface area contributed by atoms with Crippen molar-refractivity contribution in [1.82, 2.24) is 0 Å². The summed E-state index contributed by atoms with van der Waals surface area (Å²) in [7, 11) is 0. The summed E-state index contributed by atoms with van der Waals surface area (Å²) >= 11 is 0. The molecule has 0 unspecified atom stereocenters. The van der Waals surface area contributed by atoms with Gasteiger partial charge in [-0.1, -0.05) is 24.3 Å². The van der Waals surface area contributed by atoms with E-state index in [9.17, 15) is 5.11 Å². The molecule has 0 bridgehead atoms.